The Balaban J connectivity index is 2.24. The molecule has 1 aliphatic heterocycles. The summed E-state index contributed by atoms with van der Waals surface area (Å²) in [7, 11) is 0. The van der Waals surface area contributed by atoms with Crippen LogP contribution in [0, 0.1) is 11.8 Å². The van der Waals surface area contributed by atoms with Crippen LogP contribution in [0.1, 0.15) is 58.8 Å². The number of rotatable bonds is 4. The number of ketones is 1. The number of hydrogen-bond donors (Lipinski definition) is 0. The molecule has 2 aliphatic rings. The fraction of sp³-hybridized carbons (Fsp3) is 0.591. The molecule has 0 N–H and O–H groups in total. The summed E-state index contributed by atoms with van der Waals surface area (Å²) < 4.78 is 11.0. The van der Waals surface area contributed by atoms with Crippen LogP contribution in [0.5, 0.6) is 0 Å². The quantitative estimate of drug-likeness (QED) is 0.548. The smallest absolute Gasteiger partial charge is 0.306 e. The Kier molecular flexibility index (Phi) is 8.49. The van der Waals surface area contributed by atoms with E-state index in [1.165, 1.54) is 6.92 Å². The highest BCUT2D eigenvalue weighted by Gasteiger charge is 2.42. The first-order chi connectivity index (χ1) is 13.0. The number of fused-ring (bicyclic) bond motifs is 1. The predicted molar refractivity (Wildman–Crippen MR) is 103 cm³/mol. The van der Waals surface area contributed by atoms with E-state index < -0.39 is 6.10 Å². The standard InChI is InChI=1S/C22H30O5/c1-3-4-7-10-17-13-14-19-18(20(24)15-21(19)26-16(2)23)11-8-5-6-9-12-22(25)27-17/h4-5,7-8,13-14,17-19,21H,3,6,9-12,15H2,1-2H3. The summed E-state index contributed by atoms with van der Waals surface area (Å²) in [6.45, 7) is 3.41. The maximum absolute atomic E-state index is 12.5. The molecule has 0 saturated heterocycles. The van der Waals surface area contributed by atoms with E-state index >= 15 is 0 Å². The molecule has 0 spiro atoms. The van der Waals surface area contributed by atoms with Gasteiger partial charge < -0.3 is 9.47 Å². The Bertz CT molecular complexity index is 616. The number of carbonyl (C=O) groups is 3. The molecule has 0 aromatic rings. The topological polar surface area (TPSA) is 69.7 Å². The van der Waals surface area contributed by atoms with Crippen LogP contribution < -0.4 is 0 Å². The Morgan fingerprint density at radius 2 is 2.07 bits per heavy atom. The highest BCUT2D eigenvalue weighted by Crippen LogP contribution is 2.35. The van der Waals surface area contributed by atoms with Gasteiger partial charge in [0, 0.05) is 38.0 Å². The molecule has 148 valence electrons. The molecule has 0 aromatic heterocycles. The van der Waals surface area contributed by atoms with E-state index in [2.05, 4.69) is 0 Å². The summed E-state index contributed by atoms with van der Waals surface area (Å²) in [4.78, 5) is 36.0. The summed E-state index contributed by atoms with van der Waals surface area (Å²) in [6.07, 6.45) is 15.3. The zero-order valence-electron chi connectivity index (χ0n) is 16.3. The second kappa shape index (κ2) is 10.9. The van der Waals surface area contributed by atoms with Crippen LogP contribution in [0.15, 0.2) is 36.5 Å². The van der Waals surface area contributed by atoms with Gasteiger partial charge in [0.2, 0.25) is 0 Å². The van der Waals surface area contributed by atoms with Gasteiger partial charge in [-0.15, -0.1) is 0 Å². The van der Waals surface area contributed by atoms with Gasteiger partial charge in [0.15, 0.2) is 0 Å². The number of allylic oxidation sites excluding steroid dienone is 3. The van der Waals surface area contributed by atoms with Crippen molar-refractivity contribution in [2.45, 2.75) is 71.0 Å². The molecule has 1 heterocycles. The lowest BCUT2D eigenvalue weighted by Gasteiger charge is -2.21. The van der Waals surface area contributed by atoms with Crippen LogP contribution in [0.25, 0.3) is 0 Å². The average molecular weight is 374 g/mol. The summed E-state index contributed by atoms with van der Waals surface area (Å²) in [5.41, 5.74) is 0. The zero-order valence-corrected chi connectivity index (χ0v) is 16.3. The fourth-order valence-corrected chi connectivity index (χ4v) is 3.61. The number of esters is 2. The third-order valence-corrected chi connectivity index (χ3v) is 4.94. The predicted octanol–water partition coefficient (Wildman–Crippen LogP) is 4.08. The number of ether oxygens (including phenoxy) is 2. The van der Waals surface area contributed by atoms with Crippen molar-refractivity contribution in [1.82, 2.24) is 0 Å². The molecule has 5 nitrogen and oxygen atoms in total. The highest BCUT2D eigenvalue weighted by molar-refractivity contribution is 5.85. The van der Waals surface area contributed by atoms with Gasteiger partial charge in [0.25, 0.3) is 0 Å². The zero-order chi connectivity index (χ0) is 19.6. The lowest BCUT2D eigenvalue weighted by molar-refractivity contribution is -0.147. The van der Waals surface area contributed by atoms with Gasteiger partial charge in [-0.2, -0.15) is 0 Å². The SMILES string of the molecule is CCC=CCC1C=CC2C(OC(C)=O)CC(=O)C2CC=CCCCC(=O)O1. The molecule has 27 heavy (non-hydrogen) atoms. The molecular formula is C22H30O5. The second-order valence-corrected chi connectivity index (χ2v) is 7.13. The molecule has 1 fully saturated rings. The van der Waals surface area contributed by atoms with E-state index in [0.29, 0.717) is 19.3 Å². The number of hydrogen-bond acceptors (Lipinski definition) is 5. The molecule has 4 atom stereocenters. The molecule has 0 bridgehead atoms. The number of carbonyl (C=O) groups excluding carboxylic acids is 3. The van der Waals surface area contributed by atoms with Crippen LogP contribution in [0.3, 0.4) is 0 Å². The average Bonchev–Trinajstić information content (AvgIpc) is 2.89. The molecule has 0 radical (unpaired) electrons. The summed E-state index contributed by atoms with van der Waals surface area (Å²) in [5.74, 6) is -0.866. The van der Waals surface area contributed by atoms with Crippen molar-refractivity contribution in [1.29, 1.82) is 0 Å². The van der Waals surface area contributed by atoms with E-state index in [0.717, 1.165) is 19.3 Å². The van der Waals surface area contributed by atoms with Crippen LogP contribution in [0.2, 0.25) is 0 Å². The molecule has 0 aromatic carbocycles. The van der Waals surface area contributed by atoms with E-state index in [1.54, 1.807) is 0 Å². The van der Waals surface area contributed by atoms with Crippen LogP contribution in [-0.2, 0) is 23.9 Å². The van der Waals surface area contributed by atoms with Crippen molar-refractivity contribution in [3.05, 3.63) is 36.5 Å². The van der Waals surface area contributed by atoms with Gasteiger partial charge >= 0.3 is 11.9 Å². The van der Waals surface area contributed by atoms with Gasteiger partial charge in [-0.25, -0.2) is 0 Å². The Morgan fingerprint density at radius 1 is 1.26 bits per heavy atom. The van der Waals surface area contributed by atoms with E-state index in [1.807, 2.05) is 43.4 Å². The van der Waals surface area contributed by atoms with Crippen molar-refractivity contribution in [2.24, 2.45) is 11.8 Å². The minimum atomic E-state index is -0.447. The monoisotopic (exact) mass is 374 g/mol. The highest BCUT2D eigenvalue weighted by atomic mass is 16.5. The number of cyclic esters (lactones) is 1. The summed E-state index contributed by atoms with van der Waals surface area (Å²) >= 11 is 0. The minimum Gasteiger partial charge on any atom is -0.461 e. The van der Waals surface area contributed by atoms with E-state index in [-0.39, 0.29) is 42.1 Å². The van der Waals surface area contributed by atoms with Gasteiger partial charge in [-0.1, -0.05) is 37.3 Å². The largest absolute Gasteiger partial charge is 0.461 e. The molecular weight excluding hydrogens is 344 g/mol. The molecule has 2 rings (SSSR count). The fourth-order valence-electron chi connectivity index (χ4n) is 3.61. The molecule has 1 aliphatic carbocycles. The van der Waals surface area contributed by atoms with Gasteiger partial charge in [-0.05, 0) is 31.8 Å². The molecule has 4 unspecified atom stereocenters. The molecule has 1 saturated carbocycles. The minimum absolute atomic E-state index is 0.120. The third kappa shape index (κ3) is 6.81. The van der Waals surface area contributed by atoms with Crippen LogP contribution in [-0.4, -0.2) is 29.9 Å². The maximum atomic E-state index is 12.5. The Hall–Kier alpha value is -2.17. The van der Waals surface area contributed by atoms with E-state index in [4.69, 9.17) is 9.47 Å². The van der Waals surface area contributed by atoms with Crippen LogP contribution in [0.4, 0.5) is 0 Å². The van der Waals surface area contributed by atoms with Crippen molar-refractivity contribution in [2.75, 3.05) is 0 Å². The first-order valence-corrected chi connectivity index (χ1v) is 9.89. The van der Waals surface area contributed by atoms with Crippen LogP contribution >= 0.6 is 0 Å². The first kappa shape index (κ1) is 21.1. The number of Topliss-reactive ketones (excluding diaryl/α,β-unsaturated/α-hetero) is 1. The van der Waals surface area contributed by atoms with Gasteiger partial charge in [-0.3, -0.25) is 14.4 Å². The van der Waals surface area contributed by atoms with Crippen molar-refractivity contribution >= 4 is 17.7 Å². The Labute approximate surface area is 161 Å². The van der Waals surface area contributed by atoms with Crippen molar-refractivity contribution < 1.29 is 23.9 Å². The third-order valence-electron chi connectivity index (χ3n) is 4.94. The van der Waals surface area contributed by atoms with Gasteiger partial charge in [0.1, 0.15) is 18.0 Å². The summed E-state index contributed by atoms with van der Waals surface area (Å²) in [5, 5.41) is 0. The van der Waals surface area contributed by atoms with Gasteiger partial charge in [0.05, 0.1) is 0 Å². The normalized spacial score (nSPS) is 29.6. The van der Waals surface area contributed by atoms with E-state index in [9.17, 15) is 14.4 Å². The lowest BCUT2D eigenvalue weighted by atomic mass is 9.90. The summed E-state index contributed by atoms with van der Waals surface area (Å²) in [6, 6.07) is 0. The Morgan fingerprint density at radius 3 is 2.81 bits per heavy atom. The molecule has 5 heteroatoms. The molecule has 0 amide bonds. The van der Waals surface area contributed by atoms with Crippen molar-refractivity contribution in [3.63, 3.8) is 0 Å². The first-order valence-electron chi connectivity index (χ1n) is 9.89. The lowest BCUT2D eigenvalue weighted by Crippen LogP contribution is -2.24. The van der Waals surface area contributed by atoms with Crippen molar-refractivity contribution in [3.8, 4) is 0 Å². The second-order valence-electron chi connectivity index (χ2n) is 7.13. The maximum Gasteiger partial charge on any atom is 0.306 e.